The number of nitrogens with one attached hydrogen (secondary N) is 1. The lowest BCUT2D eigenvalue weighted by Crippen LogP contribution is -2.45. The average molecular weight is 265 g/mol. The largest absolute Gasteiger partial charge is 0.397 e. The molecule has 19 heavy (non-hydrogen) atoms. The summed E-state index contributed by atoms with van der Waals surface area (Å²) in [5, 5.41) is 12.8. The minimum atomic E-state index is -0.426. The van der Waals surface area contributed by atoms with E-state index in [0.717, 1.165) is 38.6 Å². The van der Waals surface area contributed by atoms with Crippen molar-refractivity contribution >= 4 is 11.6 Å². The molecule has 1 amide bonds. The Morgan fingerprint density at radius 2 is 2.26 bits per heavy atom. The van der Waals surface area contributed by atoms with E-state index in [-0.39, 0.29) is 11.9 Å². The molecular weight excluding hydrogens is 242 g/mol. The number of amides is 1. The molecule has 0 bridgehead atoms. The quantitative estimate of drug-likeness (QED) is 0.772. The first kappa shape index (κ1) is 13.9. The van der Waals surface area contributed by atoms with Crippen molar-refractivity contribution in [3.05, 3.63) is 18.0 Å². The number of nitrogen functional groups attached to an aromatic ring is 1. The van der Waals surface area contributed by atoms with Gasteiger partial charge in [-0.2, -0.15) is 0 Å². The predicted molar refractivity (Wildman–Crippen MR) is 74.9 cm³/mol. The molecule has 2 rings (SSSR count). The molecule has 0 aromatic carbocycles. The molecule has 0 spiro atoms. The van der Waals surface area contributed by atoms with Crippen molar-refractivity contribution in [2.45, 2.75) is 57.7 Å². The molecule has 2 atom stereocenters. The molecule has 2 unspecified atom stereocenters. The topological polar surface area (TPSA) is 80.3 Å². The number of hydrogen-bond donors (Lipinski definition) is 3. The molecule has 1 saturated carbocycles. The van der Waals surface area contributed by atoms with E-state index in [1.165, 1.54) is 0 Å². The SMILES string of the molecule is CCCn1cc(N)cc1C(=O)NC1CCCCC1O. The van der Waals surface area contributed by atoms with Gasteiger partial charge in [0.2, 0.25) is 0 Å². The lowest BCUT2D eigenvalue weighted by Gasteiger charge is -2.28. The van der Waals surface area contributed by atoms with Crippen LogP contribution in [0.5, 0.6) is 0 Å². The van der Waals surface area contributed by atoms with Gasteiger partial charge in [-0.1, -0.05) is 19.8 Å². The maximum Gasteiger partial charge on any atom is 0.268 e. The van der Waals surface area contributed by atoms with Gasteiger partial charge in [0.1, 0.15) is 5.69 Å². The molecular formula is C14H23N3O2. The Labute approximate surface area is 113 Å². The number of aryl methyl sites for hydroxylation is 1. The number of nitrogens with zero attached hydrogens (tertiary/aromatic N) is 1. The summed E-state index contributed by atoms with van der Waals surface area (Å²) in [7, 11) is 0. The third-order valence-corrected chi connectivity index (χ3v) is 3.66. The highest BCUT2D eigenvalue weighted by Gasteiger charge is 2.25. The minimum Gasteiger partial charge on any atom is -0.397 e. The van der Waals surface area contributed by atoms with Crippen molar-refractivity contribution in [2.75, 3.05) is 5.73 Å². The first-order valence-electron chi connectivity index (χ1n) is 7.06. The van der Waals surface area contributed by atoms with E-state index in [9.17, 15) is 9.90 Å². The van der Waals surface area contributed by atoms with Crippen LogP contribution in [0.2, 0.25) is 0 Å². The molecule has 106 valence electrons. The van der Waals surface area contributed by atoms with Gasteiger partial charge in [-0.25, -0.2) is 0 Å². The van der Waals surface area contributed by atoms with E-state index in [0.29, 0.717) is 11.4 Å². The van der Waals surface area contributed by atoms with E-state index in [4.69, 9.17) is 5.73 Å². The highest BCUT2D eigenvalue weighted by molar-refractivity contribution is 5.94. The zero-order chi connectivity index (χ0) is 13.8. The molecule has 1 aromatic rings. The number of carbonyl (C=O) groups excluding carboxylic acids is 1. The normalized spacial score (nSPS) is 23.3. The summed E-state index contributed by atoms with van der Waals surface area (Å²) in [5.74, 6) is -0.143. The molecule has 0 radical (unpaired) electrons. The van der Waals surface area contributed by atoms with Crippen LogP contribution in [0, 0.1) is 0 Å². The zero-order valence-electron chi connectivity index (χ0n) is 11.4. The standard InChI is InChI=1S/C14H23N3O2/c1-2-7-17-9-10(15)8-12(17)14(19)16-11-5-3-4-6-13(11)18/h8-9,11,13,18H,2-7,15H2,1H3,(H,16,19). The summed E-state index contributed by atoms with van der Waals surface area (Å²) in [6, 6.07) is 1.56. The van der Waals surface area contributed by atoms with Gasteiger partial charge in [0, 0.05) is 12.7 Å². The summed E-state index contributed by atoms with van der Waals surface area (Å²) < 4.78 is 1.87. The lowest BCUT2D eigenvalue weighted by molar-refractivity contribution is 0.0710. The Morgan fingerprint density at radius 3 is 2.95 bits per heavy atom. The molecule has 1 heterocycles. The average Bonchev–Trinajstić information content (AvgIpc) is 2.74. The second kappa shape index (κ2) is 6.10. The van der Waals surface area contributed by atoms with Gasteiger partial charge in [-0.05, 0) is 25.3 Å². The monoisotopic (exact) mass is 265 g/mol. The number of anilines is 1. The number of hydrogen-bond acceptors (Lipinski definition) is 3. The summed E-state index contributed by atoms with van der Waals surface area (Å²) in [4.78, 5) is 12.3. The van der Waals surface area contributed by atoms with Crippen molar-refractivity contribution in [2.24, 2.45) is 0 Å². The van der Waals surface area contributed by atoms with Gasteiger partial charge >= 0.3 is 0 Å². The van der Waals surface area contributed by atoms with E-state index in [1.54, 1.807) is 12.3 Å². The van der Waals surface area contributed by atoms with Crippen molar-refractivity contribution in [3.63, 3.8) is 0 Å². The molecule has 5 heteroatoms. The fourth-order valence-electron chi connectivity index (χ4n) is 2.67. The molecule has 1 fully saturated rings. The van der Waals surface area contributed by atoms with Gasteiger partial charge < -0.3 is 20.7 Å². The van der Waals surface area contributed by atoms with Crippen LogP contribution in [0.15, 0.2) is 12.3 Å². The Kier molecular flexibility index (Phi) is 4.47. The van der Waals surface area contributed by atoms with Crippen molar-refractivity contribution < 1.29 is 9.90 Å². The van der Waals surface area contributed by atoms with Crippen LogP contribution in [0.1, 0.15) is 49.5 Å². The van der Waals surface area contributed by atoms with Crippen LogP contribution in [0.4, 0.5) is 5.69 Å². The highest BCUT2D eigenvalue weighted by Crippen LogP contribution is 2.19. The van der Waals surface area contributed by atoms with E-state index in [1.807, 2.05) is 4.57 Å². The molecule has 4 N–H and O–H groups in total. The number of aliphatic hydroxyl groups excluding tert-OH is 1. The Bertz CT molecular complexity index is 442. The van der Waals surface area contributed by atoms with Gasteiger partial charge in [0.25, 0.3) is 5.91 Å². The van der Waals surface area contributed by atoms with Crippen molar-refractivity contribution in [1.29, 1.82) is 0 Å². The second-order valence-electron chi connectivity index (χ2n) is 5.28. The van der Waals surface area contributed by atoms with E-state index >= 15 is 0 Å². The highest BCUT2D eigenvalue weighted by atomic mass is 16.3. The van der Waals surface area contributed by atoms with Gasteiger partial charge in [-0.3, -0.25) is 4.79 Å². The number of aliphatic hydroxyl groups is 1. The third kappa shape index (κ3) is 3.29. The third-order valence-electron chi connectivity index (χ3n) is 3.66. The molecule has 1 aromatic heterocycles. The summed E-state index contributed by atoms with van der Waals surface area (Å²) in [6.07, 6.45) is 6.01. The van der Waals surface area contributed by atoms with Crippen LogP contribution < -0.4 is 11.1 Å². The molecule has 5 nitrogen and oxygen atoms in total. The summed E-state index contributed by atoms with van der Waals surface area (Å²) >= 11 is 0. The van der Waals surface area contributed by atoms with E-state index < -0.39 is 6.10 Å². The molecule has 1 aliphatic carbocycles. The predicted octanol–water partition coefficient (Wildman–Crippen LogP) is 1.51. The molecule has 0 saturated heterocycles. The lowest BCUT2D eigenvalue weighted by atomic mass is 9.92. The van der Waals surface area contributed by atoms with Crippen LogP contribution in [0.3, 0.4) is 0 Å². The second-order valence-corrected chi connectivity index (χ2v) is 5.28. The Morgan fingerprint density at radius 1 is 1.53 bits per heavy atom. The van der Waals surface area contributed by atoms with Crippen LogP contribution in [-0.2, 0) is 6.54 Å². The first-order valence-corrected chi connectivity index (χ1v) is 7.06. The van der Waals surface area contributed by atoms with Gasteiger partial charge in [0.05, 0.1) is 17.8 Å². The minimum absolute atomic E-state index is 0.132. The first-order chi connectivity index (χ1) is 9.11. The molecule has 0 aliphatic heterocycles. The summed E-state index contributed by atoms with van der Waals surface area (Å²) in [5.41, 5.74) is 6.94. The molecule has 1 aliphatic rings. The van der Waals surface area contributed by atoms with E-state index in [2.05, 4.69) is 12.2 Å². The van der Waals surface area contributed by atoms with Crippen molar-refractivity contribution in [3.8, 4) is 0 Å². The fraction of sp³-hybridized carbons (Fsp3) is 0.643. The zero-order valence-corrected chi connectivity index (χ0v) is 11.4. The van der Waals surface area contributed by atoms with Crippen LogP contribution in [-0.4, -0.2) is 27.7 Å². The Balaban J connectivity index is 2.06. The van der Waals surface area contributed by atoms with Crippen LogP contribution >= 0.6 is 0 Å². The van der Waals surface area contributed by atoms with Crippen LogP contribution in [0.25, 0.3) is 0 Å². The Hall–Kier alpha value is -1.49. The maximum absolute atomic E-state index is 12.3. The van der Waals surface area contributed by atoms with Gasteiger partial charge in [0.15, 0.2) is 0 Å². The number of nitrogens with two attached hydrogens (primary N) is 1. The number of carbonyl (C=O) groups is 1. The number of rotatable bonds is 4. The fourth-order valence-corrected chi connectivity index (χ4v) is 2.67. The smallest absolute Gasteiger partial charge is 0.268 e. The van der Waals surface area contributed by atoms with Crippen molar-refractivity contribution in [1.82, 2.24) is 9.88 Å². The number of aromatic nitrogens is 1. The maximum atomic E-state index is 12.3. The summed E-state index contributed by atoms with van der Waals surface area (Å²) in [6.45, 7) is 2.83. The van der Waals surface area contributed by atoms with Gasteiger partial charge in [-0.15, -0.1) is 0 Å².